The summed E-state index contributed by atoms with van der Waals surface area (Å²) >= 11 is 0. The van der Waals surface area contributed by atoms with E-state index in [0.29, 0.717) is 6.42 Å². The van der Waals surface area contributed by atoms with E-state index in [9.17, 15) is 9.59 Å². The fourth-order valence-electron chi connectivity index (χ4n) is 2.26. The molecule has 0 radical (unpaired) electrons. The Morgan fingerprint density at radius 3 is 2.35 bits per heavy atom. The third-order valence-electron chi connectivity index (χ3n) is 3.38. The lowest BCUT2D eigenvalue weighted by Crippen LogP contribution is -2.54. The van der Waals surface area contributed by atoms with Crippen molar-refractivity contribution in [3.63, 3.8) is 0 Å². The molecule has 0 heterocycles. The summed E-state index contributed by atoms with van der Waals surface area (Å²) in [5.41, 5.74) is -0.181. The van der Waals surface area contributed by atoms with Gasteiger partial charge in [-0.1, -0.05) is 26.2 Å². The second-order valence-electron chi connectivity index (χ2n) is 5.02. The Kier molecular flexibility index (Phi) is 4.78. The fourth-order valence-corrected chi connectivity index (χ4v) is 2.26. The van der Waals surface area contributed by atoms with Crippen LogP contribution in [0.3, 0.4) is 0 Å². The molecule has 1 rings (SSSR count). The molecular formula is C12H22N2O3. The number of carbonyl (C=O) groups excluding carboxylic acids is 1. The average molecular weight is 242 g/mol. The van der Waals surface area contributed by atoms with Crippen molar-refractivity contribution in [3.05, 3.63) is 0 Å². The first kappa shape index (κ1) is 13.8. The minimum absolute atomic E-state index is 0.181. The number of nitrogens with one attached hydrogen (secondary N) is 2. The molecule has 1 aliphatic carbocycles. The number of carboxylic acids is 1. The number of urea groups is 1. The maximum absolute atomic E-state index is 11.7. The maximum Gasteiger partial charge on any atom is 0.326 e. The molecule has 0 aromatic heterocycles. The lowest BCUT2D eigenvalue weighted by Gasteiger charge is -2.34. The van der Waals surface area contributed by atoms with Gasteiger partial charge in [0.05, 0.1) is 0 Å². The molecule has 17 heavy (non-hydrogen) atoms. The van der Waals surface area contributed by atoms with Crippen molar-refractivity contribution in [2.75, 3.05) is 0 Å². The van der Waals surface area contributed by atoms with Gasteiger partial charge in [-0.05, 0) is 26.2 Å². The fraction of sp³-hybridized carbons (Fsp3) is 0.833. The lowest BCUT2D eigenvalue weighted by atomic mass is 9.83. The van der Waals surface area contributed by atoms with Gasteiger partial charge in [-0.2, -0.15) is 0 Å². The normalized spacial score (nSPS) is 20.4. The van der Waals surface area contributed by atoms with Crippen molar-refractivity contribution < 1.29 is 14.7 Å². The summed E-state index contributed by atoms with van der Waals surface area (Å²) in [6, 6.07) is -1.18. The number of carboxylic acid groups (broad SMARTS) is 1. The second-order valence-corrected chi connectivity index (χ2v) is 5.02. The Labute approximate surface area is 102 Å². The molecule has 0 aromatic rings. The molecule has 0 aliphatic heterocycles. The Balaban J connectivity index is 2.45. The van der Waals surface area contributed by atoms with E-state index in [0.717, 1.165) is 25.7 Å². The van der Waals surface area contributed by atoms with E-state index < -0.39 is 12.0 Å². The quantitative estimate of drug-likeness (QED) is 0.704. The van der Waals surface area contributed by atoms with Gasteiger partial charge < -0.3 is 15.7 Å². The van der Waals surface area contributed by atoms with E-state index in [4.69, 9.17) is 5.11 Å². The van der Waals surface area contributed by atoms with Crippen LogP contribution in [0.4, 0.5) is 4.79 Å². The monoisotopic (exact) mass is 242 g/mol. The standard InChI is InChI=1S/C12H22N2O3/c1-3-9(10(15)16)13-11(17)14-12(2)7-5-4-6-8-12/h9H,3-8H2,1-2H3,(H,15,16)(H2,13,14,17). The number of rotatable bonds is 4. The molecule has 2 amide bonds. The van der Waals surface area contributed by atoms with E-state index >= 15 is 0 Å². The zero-order chi connectivity index (χ0) is 12.9. The van der Waals surface area contributed by atoms with Crippen LogP contribution in [0, 0.1) is 0 Å². The van der Waals surface area contributed by atoms with Crippen molar-refractivity contribution in [2.45, 2.75) is 64.0 Å². The van der Waals surface area contributed by atoms with Crippen LogP contribution in [0.25, 0.3) is 0 Å². The predicted octanol–water partition coefficient (Wildman–Crippen LogP) is 1.87. The molecule has 3 N–H and O–H groups in total. The minimum Gasteiger partial charge on any atom is -0.480 e. The summed E-state index contributed by atoms with van der Waals surface area (Å²) in [5, 5.41) is 14.2. The SMILES string of the molecule is CCC(NC(=O)NC1(C)CCCCC1)C(=O)O. The van der Waals surface area contributed by atoms with Crippen molar-refractivity contribution in [2.24, 2.45) is 0 Å². The van der Waals surface area contributed by atoms with Crippen LogP contribution in [-0.2, 0) is 4.79 Å². The van der Waals surface area contributed by atoms with Crippen LogP contribution >= 0.6 is 0 Å². The number of amides is 2. The summed E-state index contributed by atoms with van der Waals surface area (Å²) in [6.07, 6.45) is 5.76. The molecule has 98 valence electrons. The molecule has 1 saturated carbocycles. The highest BCUT2D eigenvalue weighted by Crippen LogP contribution is 2.27. The predicted molar refractivity (Wildman–Crippen MR) is 64.9 cm³/mol. The van der Waals surface area contributed by atoms with E-state index in [1.807, 2.05) is 6.92 Å². The van der Waals surface area contributed by atoms with Gasteiger partial charge in [0.2, 0.25) is 0 Å². The summed E-state index contributed by atoms with van der Waals surface area (Å²) in [5.74, 6) is -0.989. The molecule has 0 bridgehead atoms. The molecule has 1 unspecified atom stereocenters. The molecule has 0 aromatic carbocycles. The van der Waals surface area contributed by atoms with E-state index in [-0.39, 0.29) is 11.6 Å². The largest absolute Gasteiger partial charge is 0.480 e. The van der Waals surface area contributed by atoms with E-state index in [1.165, 1.54) is 6.42 Å². The summed E-state index contributed by atoms with van der Waals surface area (Å²) < 4.78 is 0. The van der Waals surface area contributed by atoms with Gasteiger partial charge in [0, 0.05) is 5.54 Å². The van der Waals surface area contributed by atoms with Crippen LogP contribution in [0.15, 0.2) is 0 Å². The third kappa shape index (κ3) is 4.24. The van der Waals surface area contributed by atoms with Gasteiger partial charge in [-0.15, -0.1) is 0 Å². The van der Waals surface area contributed by atoms with Crippen LogP contribution in [-0.4, -0.2) is 28.7 Å². The molecule has 5 nitrogen and oxygen atoms in total. The first-order valence-corrected chi connectivity index (χ1v) is 6.28. The molecule has 1 fully saturated rings. The van der Waals surface area contributed by atoms with Gasteiger partial charge in [0.1, 0.15) is 6.04 Å². The van der Waals surface area contributed by atoms with Gasteiger partial charge >= 0.3 is 12.0 Å². The number of carbonyl (C=O) groups is 2. The van der Waals surface area contributed by atoms with Crippen LogP contribution < -0.4 is 10.6 Å². The van der Waals surface area contributed by atoms with Crippen LogP contribution in [0.2, 0.25) is 0 Å². The zero-order valence-corrected chi connectivity index (χ0v) is 10.6. The van der Waals surface area contributed by atoms with Crippen LogP contribution in [0.5, 0.6) is 0 Å². The number of hydrogen-bond acceptors (Lipinski definition) is 2. The molecule has 5 heteroatoms. The Morgan fingerprint density at radius 2 is 1.88 bits per heavy atom. The number of aliphatic carboxylic acids is 1. The molecule has 1 aliphatic rings. The van der Waals surface area contributed by atoms with Gasteiger partial charge in [-0.25, -0.2) is 9.59 Å². The van der Waals surface area contributed by atoms with Crippen LogP contribution in [0.1, 0.15) is 52.4 Å². The van der Waals surface area contributed by atoms with Crippen molar-refractivity contribution >= 4 is 12.0 Å². The Hall–Kier alpha value is -1.26. The second kappa shape index (κ2) is 5.89. The van der Waals surface area contributed by atoms with Gasteiger partial charge in [-0.3, -0.25) is 0 Å². The smallest absolute Gasteiger partial charge is 0.326 e. The average Bonchev–Trinajstić information content (AvgIpc) is 2.25. The molecular weight excluding hydrogens is 220 g/mol. The van der Waals surface area contributed by atoms with Crippen molar-refractivity contribution in [1.29, 1.82) is 0 Å². The summed E-state index contributed by atoms with van der Waals surface area (Å²) in [6.45, 7) is 3.76. The topological polar surface area (TPSA) is 78.4 Å². The number of hydrogen-bond donors (Lipinski definition) is 3. The molecule has 1 atom stereocenters. The van der Waals surface area contributed by atoms with E-state index in [2.05, 4.69) is 10.6 Å². The first-order valence-electron chi connectivity index (χ1n) is 6.28. The zero-order valence-electron chi connectivity index (χ0n) is 10.6. The Morgan fingerprint density at radius 1 is 1.29 bits per heavy atom. The van der Waals surface area contributed by atoms with Gasteiger partial charge in [0.15, 0.2) is 0 Å². The Bertz CT molecular complexity index is 285. The first-order chi connectivity index (χ1) is 7.97. The highest BCUT2D eigenvalue weighted by molar-refractivity contribution is 5.82. The van der Waals surface area contributed by atoms with Crippen molar-refractivity contribution in [1.82, 2.24) is 10.6 Å². The molecule has 0 saturated heterocycles. The highest BCUT2D eigenvalue weighted by atomic mass is 16.4. The third-order valence-corrected chi connectivity index (χ3v) is 3.38. The maximum atomic E-state index is 11.7. The minimum atomic E-state index is -0.989. The molecule has 0 spiro atoms. The van der Waals surface area contributed by atoms with Gasteiger partial charge in [0.25, 0.3) is 0 Å². The van der Waals surface area contributed by atoms with E-state index in [1.54, 1.807) is 6.92 Å². The highest BCUT2D eigenvalue weighted by Gasteiger charge is 2.29. The lowest BCUT2D eigenvalue weighted by molar-refractivity contribution is -0.139. The summed E-state index contributed by atoms with van der Waals surface area (Å²) in [4.78, 5) is 22.5. The van der Waals surface area contributed by atoms with Crippen molar-refractivity contribution in [3.8, 4) is 0 Å². The summed E-state index contributed by atoms with van der Waals surface area (Å²) in [7, 11) is 0.